The molecule has 1 fully saturated rings. The standard InChI is InChI=1S/C31H44N2O9/c1-5-9-23-16-24(37-3)14-21(2)15-25-17-26(18-27(40-25)19-30(35)41-23)42-29(34)12-7-6-10-22-20-39-28(33-22)11-8-13-32-31(36)38-4/h7-8,11-12,15,20,23-27H,5-6,9-10,13-14,16-19H2,1-4H3,(H,32,36)/b11-8+,12-7+,21-15-/t23-,24-,25+,26-,27+/m0/s1. The number of allylic oxidation sites excluding steroid dienone is 1. The van der Waals surface area contributed by atoms with Crippen molar-refractivity contribution < 1.29 is 42.5 Å². The van der Waals surface area contributed by atoms with Gasteiger partial charge in [-0.2, -0.15) is 0 Å². The van der Waals surface area contributed by atoms with Gasteiger partial charge in [0.1, 0.15) is 18.5 Å². The molecule has 0 spiro atoms. The number of oxazole rings is 1. The van der Waals surface area contributed by atoms with E-state index in [-0.39, 0.29) is 43.4 Å². The summed E-state index contributed by atoms with van der Waals surface area (Å²) in [5, 5.41) is 2.53. The Morgan fingerprint density at radius 3 is 2.74 bits per heavy atom. The summed E-state index contributed by atoms with van der Waals surface area (Å²) in [7, 11) is 2.98. The van der Waals surface area contributed by atoms with Crippen LogP contribution in [-0.2, 0) is 39.7 Å². The maximum Gasteiger partial charge on any atom is 0.407 e. The Kier molecular flexibility index (Phi) is 13.8. The SMILES string of the molecule is CCC[C@H]1C[C@@H](OC)C/C(C)=C\[C@@H]2C[C@H](OC(=O)/C=C/CCc3coc(/C=C/CNC(=O)OC)n3)C[C@H](CC(=O)O1)O2. The Bertz CT molecular complexity index is 1110. The van der Waals surface area contributed by atoms with Crippen molar-refractivity contribution in [2.24, 2.45) is 0 Å². The van der Waals surface area contributed by atoms with Crippen molar-refractivity contribution in [3.05, 3.63) is 47.7 Å². The number of aromatic nitrogens is 1. The molecule has 11 heteroatoms. The second-order valence-corrected chi connectivity index (χ2v) is 10.6. The second kappa shape index (κ2) is 17.5. The zero-order valence-corrected chi connectivity index (χ0v) is 25.0. The average Bonchev–Trinajstić information content (AvgIpc) is 3.39. The highest BCUT2D eigenvalue weighted by Crippen LogP contribution is 2.29. The molecule has 1 aromatic rings. The lowest BCUT2D eigenvalue weighted by Gasteiger charge is -2.34. The highest BCUT2D eigenvalue weighted by molar-refractivity contribution is 5.82. The summed E-state index contributed by atoms with van der Waals surface area (Å²) in [5.74, 6) is -0.320. The Morgan fingerprint density at radius 2 is 1.98 bits per heavy atom. The molecule has 2 bridgehead atoms. The summed E-state index contributed by atoms with van der Waals surface area (Å²) >= 11 is 0. The Balaban J connectivity index is 1.51. The third-order valence-electron chi connectivity index (χ3n) is 7.05. The number of rotatable bonds is 11. The van der Waals surface area contributed by atoms with Crippen molar-refractivity contribution in [2.45, 2.75) is 102 Å². The molecule has 0 radical (unpaired) electrons. The normalized spacial score (nSPS) is 26.5. The zero-order valence-electron chi connectivity index (χ0n) is 25.0. The minimum atomic E-state index is -0.516. The van der Waals surface area contributed by atoms with Crippen molar-refractivity contribution in [1.82, 2.24) is 10.3 Å². The van der Waals surface area contributed by atoms with Gasteiger partial charge in [0.05, 0.1) is 37.5 Å². The molecule has 2 aliphatic rings. The number of carbonyl (C=O) groups is 3. The number of amides is 1. The van der Waals surface area contributed by atoms with Crippen molar-refractivity contribution in [3.63, 3.8) is 0 Å². The lowest BCUT2D eigenvalue weighted by atomic mass is 9.95. The van der Waals surface area contributed by atoms with Crippen LogP contribution in [0.25, 0.3) is 6.08 Å². The Labute approximate surface area is 247 Å². The molecule has 1 aromatic heterocycles. The molecular formula is C31H44N2O9. The van der Waals surface area contributed by atoms with Gasteiger partial charge in [-0.1, -0.05) is 37.1 Å². The number of nitrogens with one attached hydrogen (secondary N) is 1. The summed E-state index contributed by atoms with van der Waals surface area (Å²) in [6.45, 7) is 4.40. The minimum absolute atomic E-state index is 0.0567. The predicted molar refractivity (Wildman–Crippen MR) is 154 cm³/mol. The van der Waals surface area contributed by atoms with E-state index in [4.69, 9.17) is 23.4 Å². The van der Waals surface area contributed by atoms with Crippen LogP contribution in [0.2, 0.25) is 0 Å². The van der Waals surface area contributed by atoms with Crippen LogP contribution < -0.4 is 5.32 Å². The van der Waals surface area contributed by atoms with Gasteiger partial charge in [0.2, 0.25) is 5.89 Å². The first kappa shape index (κ1) is 33.1. The van der Waals surface area contributed by atoms with Gasteiger partial charge < -0.3 is 33.4 Å². The number of alkyl carbamates (subject to hydrolysis) is 1. The summed E-state index contributed by atoms with van der Waals surface area (Å²) < 4.78 is 33.3. The van der Waals surface area contributed by atoms with Crippen LogP contribution in [0.4, 0.5) is 4.79 Å². The number of hydrogen-bond acceptors (Lipinski definition) is 10. The Morgan fingerprint density at radius 1 is 1.14 bits per heavy atom. The number of esters is 2. The summed E-state index contributed by atoms with van der Waals surface area (Å²) in [5.41, 5.74) is 1.87. The number of ether oxygens (including phenoxy) is 5. The maximum absolute atomic E-state index is 12.8. The molecule has 11 nitrogen and oxygen atoms in total. The van der Waals surface area contributed by atoms with E-state index < -0.39 is 18.2 Å². The molecule has 1 amide bonds. The smallest absolute Gasteiger partial charge is 0.407 e. The van der Waals surface area contributed by atoms with Crippen molar-refractivity contribution in [2.75, 3.05) is 20.8 Å². The van der Waals surface area contributed by atoms with Crippen molar-refractivity contribution in [1.29, 1.82) is 0 Å². The molecule has 0 unspecified atom stereocenters. The largest absolute Gasteiger partial charge is 0.462 e. The molecule has 3 heterocycles. The van der Waals surface area contributed by atoms with Crippen LogP contribution in [-0.4, -0.2) is 74.3 Å². The van der Waals surface area contributed by atoms with E-state index in [2.05, 4.69) is 28.0 Å². The summed E-state index contributed by atoms with van der Waals surface area (Å²) in [6.07, 6.45) is 13.6. The molecule has 42 heavy (non-hydrogen) atoms. The van der Waals surface area contributed by atoms with Crippen LogP contribution >= 0.6 is 0 Å². The molecule has 2 aliphatic heterocycles. The first-order chi connectivity index (χ1) is 20.3. The molecule has 5 atom stereocenters. The number of hydrogen-bond donors (Lipinski definition) is 1. The van der Waals surface area contributed by atoms with Crippen molar-refractivity contribution in [3.8, 4) is 0 Å². The lowest BCUT2D eigenvalue weighted by Crippen LogP contribution is -2.39. The van der Waals surface area contributed by atoms with Gasteiger partial charge >= 0.3 is 18.0 Å². The number of methoxy groups -OCH3 is 2. The molecule has 0 saturated carbocycles. The monoisotopic (exact) mass is 588 g/mol. The minimum Gasteiger partial charge on any atom is -0.462 e. The van der Waals surface area contributed by atoms with Gasteiger partial charge in [0.15, 0.2) is 0 Å². The van der Waals surface area contributed by atoms with Gasteiger partial charge in [-0.15, -0.1) is 0 Å². The fourth-order valence-electron chi connectivity index (χ4n) is 5.11. The maximum atomic E-state index is 12.8. The third-order valence-corrected chi connectivity index (χ3v) is 7.05. The fourth-order valence-corrected chi connectivity index (χ4v) is 5.11. The number of carbonyl (C=O) groups excluding carboxylic acids is 3. The molecular weight excluding hydrogens is 544 g/mol. The van der Waals surface area contributed by atoms with Crippen LogP contribution in [0, 0.1) is 0 Å². The van der Waals surface area contributed by atoms with Crippen LogP contribution in [0.1, 0.15) is 76.8 Å². The van der Waals surface area contributed by atoms with E-state index >= 15 is 0 Å². The van der Waals surface area contributed by atoms with E-state index in [1.165, 1.54) is 13.2 Å². The molecule has 0 aliphatic carbocycles. The molecule has 1 saturated heterocycles. The quantitative estimate of drug-likeness (QED) is 0.165. The first-order valence-electron chi connectivity index (χ1n) is 14.6. The molecule has 3 rings (SSSR count). The van der Waals surface area contributed by atoms with Gasteiger partial charge in [-0.05, 0) is 38.7 Å². The fraction of sp³-hybridized carbons (Fsp3) is 0.613. The van der Waals surface area contributed by atoms with Crippen LogP contribution in [0.15, 0.2) is 40.6 Å². The van der Waals surface area contributed by atoms with Crippen molar-refractivity contribution >= 4 is 24.1 Å². The first-order valence-corrected chi connectivity index (χ1v) is 14.6. The van der Waals surface area contributed by atoms with E-state index in [0.717, 1.165) is 24.1 Å². The average molecular weight is 589 g/mol. The lowest BCUT2D eigenvalue weighted by molar-refractivity contribution is -0.163. The van der Waals surface area contributed by atoms with Gasteiger partial charge in [-0.25, -0.2) is 14.6 Å². The summed E-state index contributed by atoms with van der Waals surface area (Å²) in [6, 6.07) is 0. The molecule has 1 N–H and O–H groups in total. The van der Waals surface area contributed by atoms with Crippen LogP contribution in [0.5, 0.6) is 0 Å². The topological polar surface area (TPSA) is 135 Å². The molecule has 0 aromatic carbocycles. The van der Waals surface area contributed by atoms with Crippen LogP contribution in [0.3, 0.4) is 0 Å². The summed E-state index contributed by atoms with van der Waals surface area (Å²) in [4.78, 5) is 40.8. The number of fused-ring (bicyclic) bond motifs is 2. The third kappa shape index (κ3) is 11.8. The number of cyclic esters (lactones) is 1. The van der Waals surface area contributed by atoms with Gasteiger partial charge in [0, 0.05) is 39.0 Å². The van der Waals surface area contributed by atoms with E-state index in [0.29, 0.717) is 44.4 Å². The number of aryl methyl sites for hydroxylation is 1. The van der Waals surface area contributed by atoms with E-state index in [1.807, 2.05) is 6.92 Å². The number of nitrogens with zero attached hydrogens (tertiary/aromatic N) is 1. The predicted octanol–water partition coefficient (Wildman–Crippen LogP) is 4.85. The highest BCUT2D eigenvalue weighted by Gasteiger charge is 2.33. The highest BCUT2D eigenvalue weighted by atomic mass is 16.6. The second-order valence-electron chi connectivity index (χ2n) is 10.6. The Hall–Kier alpha value is -3.44. The molecule has 232 valence electrons. The van der Waals surface area contributed by atoms with Gasteiger partial charge in [-0.3, -0.25) is 4.79 Å². The van der Waals surface area contributed by atoms with E-state index in [1.54, 1.807) is 31.6 Å². The van der Waals surface area contributed by atoms with Gasteiger partial charge in [0.25, 0.3) is 0 Å². The zero-order chi connectivity index (χ0) is 30.3. The van der Waals surface area contributed by atoms with E-state index in [9.17, 15) is 14.4 Å².